The van der Waals surface area contributed by atoms with Crippen LogP contribution < -0.4 is 12.4 Å². The van der Waals surface area contributed by atoms with E-state index in [4.69, 9.17) is 0 Å². The number of hydrogen-bond acceptors (Lipinski definition) is 0. The van der Waals surface area contributed by atoms with Gasteiger partial charge >= 0.3 is 26.9 Å². The molecule has 0 aromatic heterocycles. The van der Waals surface area contributed by atoms with E-state index in [0.29, 0.717) is 15.4 Å². The molecule has 0 N–H and O–H groups in total. The number of rotatable bonds is 0. The van der Waals surface area contributed by atoms with Crippen LogP contribution >= 0.6 is 0 Å². The van der Waals surface area contributed by atoms with E-state index in [9.17, 15) is 0 Å². The molecule has 0 aliphatic rings. The first-order valence-electron chi connectivity index (χ1n) is 1.15. The molecule has 0 aromatic rings. The van der Waals surface area contributed by atoms with Gasteiger partial charge in [0.25, 0.3) is 0 Å². The van der Waals surface area contributed by atoms with Gasteiger partial charge in [-0.25, -0.2) is 0 Å². The second-order valence-electron chi connectivity index (χ2n) is 0.577. The van der Waals surface area contributed by atoms with Gasteiger partial charge in [0.2, 0.25) is 0 Å². The number of hydrogen-bond donors (Lipinski definition) is 0. The summed E-state index contributed by atoms with van der Waals surface area (Å²) in [7, 11) is 0. The molecular weight excluding hydrogens is 132 g/mol. The molecule has 26 valence electrons. The van der Waals surface area contributed by atoms with Crippen LogP contribution in [-0.2, 0) is 0 Å². The third-order valence-corrected chi connectivity index (χ3v) is 0. The molecule has 0 amide bonds. The van der Waals surface area contributed by atoms with Gasteiger partial charge in [0.15, 0.2) is 0 Å². The van der Waals surface area contributed by atoms with Crippen LogP contribution in [0.3, 0.4) is 0 Å². The van der Waals surface area contributed by atoms with E-state index < -0.39 is 0 Å². The monoisotopic (exact) mass is 140 g/mol. The quantitative estimate of drug-likeness (QED) is 0.326. The first-order chi connectivity index (χ1) is 1.41. The van der Waals surface area contributed by atoms with E-state index >= 15 is 0 Å². The first-order valence-corrected chi connectivity index (χ1v) is 6.00. The van der Waals surface area contributed by atoms with Gasteiger partial charge in [-0.15, -0.1) is 0 Å². The average Bonchev–Trinajstić information content (AvgIpc) is 0.918. The molecule has 0 radical (unpaired) electrons. The van der Waals surface area contributed by atoms with Gasteiger partial charge in [-0.3, -0.25) is 0 Å². The van der Waals surface area contributed by atoms with Crippen molar-refractivity contribution in [2.75, 3.05) is 0 Å². The molecular formula is C2H7ClGe. The fraction of sp³-hybridized carbons (Fsp3) is 1.00. The minimum Gasteiger partial charge on any atom is -1.00 e. The molecule has 0 spiro atoms. The Morgan fingerprint density at radius 2 is 1.25 bits per heavy atom. The molecule has 0 fully saturated rings. The fourth-order valence-electron chi connectivity index (χ4n) is 0. The van der Waals surface area contributed by atoms with E-state index in [-0.39, 0.29) is 12.4 Å². The first kappa shape index (κ1) is 8.85. The summed E-state index contributed by atoms with van der Waals surface area (Å²) in [4.78, 5) is 0. The van der Waals surface area contributed by atoms with Crippen LogP contribution in [0.4, 0.5) is 0 Å². The van der Waals surface area contributed by atoms with Gasteiger partial charge in [-0.05, 0) is 0 Å². The Bertz CT molecular complexity index is 6.00. The summed E-state index contributed by atoms with van der Waals surface area (Å²) in [6, 6.07) is 0. The summed E-state index contributed by atoms with van der Waals surface area (Å²) in [6.07, 6.45) is 0. The molecule has 4 heavy (non-hydrogen) atoms. The maximum atomic E-state index is 2.28. The molecule has 0 heterocycles. The maximum Gasteiger partial charge on any atom is -1.00 e. The van der Waals surface area contributed by atoms with Crippen molar-refractivity contribution in [1.82, 2.24) is 0 Å². The number of halogens is 1. The standard InChI is InChI=1S/C2H7Ge.ClH/c1-3-2;/h3H,1-2H3;1H/q+1;/p-1. The van der Waals surface area contributed by atoms with Crippen molar-refractivity contribution in [3.8, 4) is 0 Å². The van der Waals surface area contributed by atoms with Crippen LogP contribution in [0.15, 0.2) is 0 Å². The summed E-state index contributed by atoms with van der Waals surface area (Å²) in [5, 5.41) is 0. The fourth-order valence-corrected chi connectivity index (χ4v) is 0. The Hall–Kier alpha value is 0.833. The Morgan fingerprint density at radius 1 is 1.25 bits per heavy atom. The minimum atomic E-state index is 0. The SMILES string of the molecule is [CH3][GeH+][CH3].[Cl-]. The summed E-state index contributed by atoms with van der Waals surface area (Å²) in [5.74, 6) is 4.56. The van der Waals surface area contributed by atoms with Crippen molar-refractivity contribution in [3.05, 3.63) is 0 Å². The average molecular weight is 139 g/mol. The van der Waals surface area contributed by atoms with E-state index in [2.05, 4.69) is 11.5 Å². The molecule has 0 saturated carbocycles. The van der Waals surface area contributed by atoms with E-state index in [0.717, 1.165) is 0 Å². The van der Waals surface area contributed by atoms with Crippen LogP contribution in [0.2, 0.25) is 11.5 Å². The van der Waals surface area contributed by atoms with Crippen molar-refractivity contribution < 1.29 is 12.4 Å². The van der Waals surface area contributed by atoms with Gasteiger partial charge in [0, 0.05) is 0 Å². The zero-order valence-electron chi connectivity index (χ0n) is 2.96. The zero-order valence-corrected chi connectivity index (χ0v) is 6.13. The van der Waals surface area contributed by atoms with Gasteiger partial charge in [0.05, 0.1) is 0 Å². The van der Waals surface area contributed by atoms with Crippen molar-refractivity contribution in [2.45, 2.75) is 11.5 Å². The summed E-state index contributed by atoms with van der Waals surface area (Å²) >= 11 is 0.312. The van der Waals surface area contributed by atoms with Crippen LogP contribution in [0, 0.1) is 0 Å². The minimum absolute atomic E-state index is 0. The van der Waals surface area contributed by atoms with Crippen molar-refractivity contribution in [2.24, 2.45) is 0 Å². The van der Waals surface area contributed by atoms with Crippen LogP contribution in [0.5, 0.6) is 0 Å². The summed E-state index contributed by atoms with van der Waals surface area (Å²) in [5.41, 5.74) is 0. The molecule has 0 aliphatic carbocycles. The van der Waals surface area contributed by atoms with E-state index in [1.165, 1.54) is 0 Å². The van der Waals surface area contributed by atoms with E-state index in [1.54, 1.807) is 0 Å². The Morgan fingerprint density at radius 3 is 1.25 bits per heavy atom. The second kappa shape index (κ2) is 9.16. The van der Waals surface area contributed by atoms with Gasteiger partial charge in [-0.2, -0.15) is 0 Å². The van der Waals surface area contributed by atoms with Crippen molar-refractivity contribution in [1.29, 1.82) is 0 Å². The molecule has 0 nitrogen and oxygen atoms in total. The molecule has 0 atom stereocenters. The zero-order chi connectivity index (χ0) is 2.71. The van der Waals surface area contributed by atoms with Crippen molar-refractivity contribution in [3.63, 3.8) is 0 Å². The molecule has 0 unspecified atom stereocenters. The Kier molecular flexibility index (Phi) is 20.3. The molecule has 0 bridgehead atoms. The third kappa shape index (κ3) is 13.7. The Labute approximate surface area is 39.9 Å². The maximum absolute atomic E-state index is 2.28. The normalized spacial score (nSPS) is 3.50. The second-order valence-corrected chi connectivity index (χ2v) is 3.00. The van der Waals surface area contributed by atoms with Gasteiger partial charge in [-0.1, -0.05) is 0 Å². The van der Waals surface area contributed by atoms with Gasteiger partial charge in [0.1, 0.15) is 0 Å². The molecule has 0 saturated heterocycles. The van der Waals surface area contributed by atoms with Crippen LogP contribution in [0.25, 0.3) is 0 Å². The summed E-state index contributed by atoms with van der Waals surface area (Å²) in [6.45, 7) is 0. The largest absolute Gasteiger partial charge is 1.00 e. The van der Waals surface area contributed by atoms with Crippen molar-refractivity contribution >= 4 is 15.4 Å². The topological polar surface area (TPSA) is 0 Å². The van der Waals surface area contributed by atoms with Crippen LogP contribution in [-0.4, -0.2) is 15.4 Å². The molecule has 0 aliphatic heterocycles. The third-order valence-electron chi connectivity index (χ3n) is 0. The van der Waals surface area contributed by atoms with Crippen LogP contribution in [0.1, 0.15) is 0 Å². The summed E-state index contributed by atoms with van der Waals surface area (Å²) < 4.78 is 0. The molecule has 0 rings (SSSR count). The van der Waals surface area contributed by atoms with E-state index in [1.807, 2.05) is 0 Å². The Balaban J connectivity index is 0. The predicted octanol–water partition coefficient (Wildman–Crippen LogP) is -2.48. The smallest absolute Gasteiger partial charge is 1.00 e. The van der Waals surface area contributed by atoms with Gasteiger partial charge < -0.3 is 12.4 Å². The molecule has 0 aromatic carbocycles. The molecule has 2 heteroatoms. The predicted molar refractivity (Wildman–Crippen MR) is 18.9 cm³/mol.